The number of ether oxygens (including phenoxy) is 1. The molecule has 0 saturated heterocycles. The molecule has 60 valence electrons. The minimum atomic E-state index is -0.104. The van der Waals surface area contributed by atoms with E-state index in [4.69, 9.17) is 4.74 Å². The molecule has 0 bridgehead atoms. The SMILES string of the molecule is COCC1=CCC(F)=CC=C1. The zero-order chi connectivity index (χ0) is 8.10. The Bertz CT molecular complexity index is 214. The van der Waals surface area contributed by atoms with E-state index >= 15 is 0 Å². The molecular formula is C9H11FO. The van der Waals surface area contributed by atoms with Gasteiger partial charge in [-0.25, -0.2) is 4.39 Å². The molecule has 2 heteroatoms. The monoisotopic (exact) mass is 154 g/mol. The lowest BCUT2D eigenvalue weighted by Crippen LogP contribution is -1.90. The van der Waals surface area contributed by atoms with Gasteiger partial charge in [0, 0.05) is 13.5 Å². The van der Waals surface area contributed by atoms with Gasteiger partial charge in [-0.1, -0.05) is 18.2 Å². The summed E-state index contributed by atoms with van der Waals surface area (Å²) in [6, 6.07) is 0. The lowest BCUT2D eigenvalue weighted by Gasteiger charge is -1.97. The molecule has 0 heterocycles. The lowest BCUT2D eigenvalue weighted by atomic mass is 10.2. The van der Waals surface area contributed by atoms with E-state index in [1.807, 2.05) is 12.2 Å². The molecule has 0 aromatic rings. The first kappa shape index (κ1) is 8.21. The summed E-state index contributed by atoms with van der Waals surface area (Å²) in [5, 5.41) is 0. The second-order valence-electron chi connectivity index (χ2n) is 2.39. The van der Waals surface area contributed by atoms with Crippen molar-refractivity contribution in [1.29, 1.82) is 0 Å². The fraction of sp³-hybridized carbons (Fsp3) is 0.333. The molecule has 0 aliphatic heterocycles. The average molecular weight is 154 g/mol. The molecule has 0 atom stereocenters. The van der Waals surface area contributed by atoms with Crippen LogP contribution in [-0.4, -0.2) is 13.7 Å². The molecule has 0 fully saturated rings. The fourth-order valence-corrected chi connectivity index (χ4v) is 0.915. The molecule has 0 N–H and O–H groups in total. The van der Waals surface area contributed by atoms with Gasteiger partial charge < -0.3 is 4.74 Å². The first-order valence-electron chi connectivity index (χ1n) is 3.53. The van der Waals surface area contributed by atoms with E-state index in [9.17, 15) is 4.39 Å². The Hall–Kier alpha value is -0.890. The minimum Gasteiger partial charge on any atom is -0.380 e. The van der Waals surface area contributed by atoms with Crippen molar-refractivity contribution in [2.75, 3.05) is 13.7 Å². The predicted octanol–water partition coefficient (Wildman–Crippen LogP) is 2.37. The van der Waals surface area contributed by atoms with Crippen molar-refractivity contribution in [3.63, 3.8) is 0 Å². The van der Waals surface area contributed by atoms with Gasteiger partial charge in [0.25, 0.3) is 0 Å². The highest BCUT2D eigenvalue weighted by atomic mass is 19.1. The smallest absolute Gasteiger partial charge is 0.104 e. The van der Waals surface area contributed by atoms with E-state index in [1.165, 1.54) is 6.08 Å². The molecule has 0 radical (unpaired) electrons. The molecule has 1 aliphatic carbocycles. The maximum Gasteiger partial charge on any atom is 0.104 e. The third-order valence-electron chi connectivity index (χ3n) is 1.46. The van der Waals surface area contributed by atoms with E-state index in [-0.39, 0.29) is 5.83 Å². The summed E-state index contributed by atoms with van der Waals surface area (Å²) in [7, 11) is 1.63. The van der Waals surface area contributed by atoms with Crippen molar-refractivity contribution in [2.24, 2.45) is 0 Å². The zero-order valence-electron chi connectivity index (χ0n) is 6.51. The zero-order valence-corrected chi connectivity index (χ0v) is 6.51. The molecule has 11 heavy (non-hydrogen) atoms. The largest absolute Gasteiger partial charge is 0.380 e. The van der Waals surface area contributed by atoms with Crippen LogP contribution in [0.15, 0.2) is 35.7 Å². The van der Waals surface area contributed by atoms with Gasteiger partial charge in [-0.3, -0.25) is 0 Å². The maximum absolute atomic E-state index is 12.6. The van der Waals surface area contributed by atoms with Crippen LogP contribution in [0.4, 0.5) is 4.39 Å². The number of hydrogen-bond donors (Lipinski definition) is 0. The first-order chi connectivity index (χ1) is 5.33. The summed E-state index contributed by atoms with van der Waals surface area (Å²) >= 11 is 0. The first-order valence-corrected chi connectivity index (χ1v) is 3.53. The van der Waals surface area contributed by atoms with Gasteiger partial charge in [-0.2, -0.15) is 0 Å². The summed E-state index contributed by atoms with van der Waals surface area (Å²) in [6.45, 7) is 0.553. The molecule has 0 aromatic heterocycles. The molecule has 0 saturated carbocycles. The number of allylic oxidation sites excluding steroid dienone is 4. The van der Waals surface area contributed by atoms with Gasteiger partial charge in [0.1, 0.15) is 5.83 Å². The van der Waals surface area contributed by atoms with E-state index in [1.54, 1.807) is 13.2 Å². The Morgan fingerprint density at radius 1 is 1.64 bits per heavy atom. The van der Waals surface area contributed by atoms with Gasteiger partial charge in [0.15, 0.2) is 0 Å². The number of methoxy groups -OCH3 is 1. The quantitative estimate of drug-likeness (QED) is 0.593. The molecule has 0 aromatic carbocycles. The maximum atomic E-state index is 12.6. The Morgan fingerprint density at radius 3 is 3.18 bits per heavy atom. The summed E-state index contributed by atoms with van der Waals surface area (Å²) < 4.78 is 17.5. The second-order valence-corrected chi connectivity index (χ2v) is 2.39. The van der Waals surface area contributed by atoms with Crippen LogP contribution in [-0.2, 0) is 4.74 Å². The Kier molecular flexibility index (Phi) is 3.05. The molecular weight excluding hydrogens is 143 g/mol. The third kappa shape index (κ3) is 2.68. The third-order valence-corrected chi connectivity index (χ3v) is 1.46. The van der Waals surface area contributed by atoms with E-state index in [0.29, 0.717) is 13.0 Å². The average Bonchev–Trinajstić information content (AvgIpc) is 2.17. The number of rotatable bonds is 2. The van der Waals surface area contributed by atoms with Crippen molar-refractivity contribution in [2.45, 2.75) is 6.42 Å². The Morgan fingerprint density at radius 2 is 2.45 bits per heavy atom. The van der Waals surface area contributed by atoms with Crippen LogP contribution in [0.3, 0.4) is 0 Å². The van der Waals surface area contributed by atoms with E-state index < -0.39 is 0 Å². The van der Waals surface area contributed by atoms with Crippen LogP contribution in [0.5, 0.6) is 0 Å². The summed E-state index contributed by atoms with van der Waals surface area (Å²) in [5.74, 6) is -0.104. The summed E-state index contributed by atoms with van der Waals surface area (Å²) in [4.78, 5) is 0. The van der Waals surface area contributed by atoms with Crippen LogP contribution in [0.1, 0.15) is 6.42 Å². The number of hydrogen-bond acceptors (Lipinski definition) is 1. The second kappa shape index (κ2) is 4.09. The van der Waals surface area contributed by atoms with E-state index in [0.717, 1.165) is 5.57 Å². The molecule has 0 spiro atoms. The highest BCUT2D eigenvalue weighted by molar-refractivity contribution is 5.28. The predicted molar refractivity (Wildman–Crippen MR) is 42.9 cm³/mol. The fourth-order valence-electron chi connectivity index (χ4n) is 0.915. The van der Waals surface area contributed by atoms with Crippen LogP contribution in [0, 0.1) is 0 Å². The van der Waals surface area contributed by atoms with Crippen LogP contribution < -0.4 is 0 Å². The van der Waals surface area contributed by atoms with Gasteiger partial charge in [0.2, 0.25) is 0 Å². The van der Waals surface area contributed by atoms with Crippen molar-refractivity contribution in [3.8, 4) is 0 Å². The van der Waals surface area contributed by atoms with E-state index in [2.05, 4.69) is 0 Å². The van der Waals surface area contributed by atoms with Crippen LogP contribution >= 0.6 is 0 Å². The van der Waals surface area contributed by atoms with Crippen LogP contribution in [0.2, 0.25) is 0 Å². The molecule has 0 amide bonds. The van der Waals surface area contributed by atoms with Gasteiger partial charge in [-0.05, 0) is 11.6 Å². The number of halogens is 1. The molecule has 1 nitrogen and oxygen atoms in total. The van der Waals surface area contributed by atoms with Gasteiger partial charge in [-0.15, -0.1) is 0 Å². The van der Waals surface area contributed by atoms with Crippen molar-refractivity contribution < 1.29 is 9.13 Å². The minimum absolute atomic E-state index is 0.104. The topological polar surface area (TPSA) is 9.23 Å². The normalized spacial score (nSPS) is 17.3. The lowest BCUT2D eigenvalue weighted by molar-refractivity contribution is 0.228. The summed E-state index contributed by atoms with van der Waals surface area (Å²) in [6.07, 6.45) is 7.24. The Balaban J connectivity index is 2.58. The van der Waals surface area contributed by atoms with Gasteiger partial charge >= 0.3 is 0 Å². The van der Waals surface area contributed by atoms with Crippen molar-refractivity contribution in [3.05, 3.63) is 35.7 Å². The molecule has 1 rings (SSSR count). The molecule has 1 aliphatic rings. The van der Waals surface area contributed by atoms with Crippen molar-refractivity contribution in [1.82, 2.24) is 0 Å². The summed E-state index contributed by atoms with van der Waals surface area (Å²) in [5.41, 5.74) is 1.02. The van der Waals surface area contributed by atoms with Crippen molar-refractivity contribution >= 4 is 0 Å². The van der Waals surface area contributed by atoms with Gasteiger partial charge in [0.05, 0.1) is 6.61 Å². The van der Waals surface area contributed by atoms with Crippen LogP contribution in [0.25, 0.3) is 0 Å². The highest BCUT2D eigenvalue weighted by Gasteiger charge is 1.97. The molecule has 0 unspecified atom stereocenters. The standard InChI is InChI=1S/C9H11FO/c1-11-7-8-3-2-4-9(10)6-5-8/h2-5H,6-7H2,1H3. The highest BCUT2D eigenvalue weighted by Crippen LogP contribution is 2.12. The Labute approximate surface area is 65.9 Å².